The van der Waals surface area contributed by atoms with E-state index in [9.17, 15) is 0 Å². The quantitative estimate of drug-likeness (QED) is 0.325. The third kappa shape index (κ3) is 6.69. The minimum Gasteiger partial charge on any atom is -0.378 e. The highest BCUT2D eigenvalue weighted by Crippen LogP contribution is 2.20. The van der Waals surface area contributed by atoms with Gasteiger partial charge in [0, 0.05) is 27.1 Å². The molecular formula is C14H30O4. The molecule has 0 heterocycles. The maximum absolute atomic E-state index is 5.43. The first-order chi connectivity index (χ1) is 8.45. The Hall–Kier alpha value is -0.160. The molecule has 2 unspecified atom stereocenters. The van der Waals surface area contributed by atoms with E-state index in [2.05, 4.69) is 27.7 Å². The van der Waals surface area contributed by atoms with E-state index in [-0.39, 0.29) is 11.2 Å². The number of rotatable bonds is 11. The molecule has 0 aliphatic carbocycles. The molecule has 0 spiro atoms. The van der Waals surface area contributed by atoms with Crippen molar-refractivity contribution in [3.63, 3.8) is 0 Å². The van der Waals surface area contributed by atoms with E-state index in [1.54, 1.807) is 14.2 Å². The first kappa shape index (κ1) is 17.8. The monoisotopic (exact) mass is 262 g/mol. The molecule has 0 bridgehead atoms. The molecule has 0 radical (unpaired) electrons. The standard InChI is InChI=1S/C14H30O4/c1-7-13(3,15-5)9-11-17-18-12-10-14(4,8-2)16-6/h7-12H2,1-6H3. The fraction of sp³-hybridized carbons (Fsp3) is 1.00. The van der Waals surface area contributed by atoms with Gasteiger partial charge in [0.15, 0.2) is 0 Å². The van der Waals surface area contributed by atoms with Gasteiger partial charge in [0.1, 0.15) is 0 Å². The zero-order valence-corrected chi connectivity index (χ0v) is 12.9. The van der Waals surface area contributed by atoms with Crippen LogP contribution in [-0.2, 0) is 19.2 Å². The smallest absolute Gasteiger partial charge is 0.0849 e. The van der Waals surface area contributed by atoms with Crippen LogP contribution in [0.5, 0.6) is 0 Å². The molecule has 18 heavy (non-hydrogen) atoms. The Kier molecular flexibility index (Phi) is 8.78. The van der Waals surface area contributed by atoms with Crippen LogP contribution < -0.4 is 0 Å². The average Bonchev–Trinajstić information content (AvgIpc) is 2.42. The second kappa shape index (κ2) is 8.86. The summed E-state index contributed by atoms with van der Waals surface area (Å²) in [6.45, 7) is 9.47. The van der Waals surface area contributed by atoms with Crippen LogP contribution in [0, 0.1) is 0 Å². The summed E-state index contributed by atoms with van der Waals surface area (Å²) in [6.07, 6.45) is 3.58. The second-order valence-corrected chi connectivity index (χ2v) is 5.16. The fourth-order valence-corrected chi connectivity index (χ4v) is 1.48. The van der Waals surface area contributed by atoms with Gasteiger partial charge in [0.25, 0.3) is 0 Å². The molecule has 0 saturated heterocycles. The lowest BCUT2D eigenvalue weighted by Crippen LogP contribution is -2.29. The molecule has 0 N–H and O–H groups in total. The Morgan fingerprint density at radius 1 is 0.722 bits per heavy atom. The Morgan fingerprint density at radius 3 is 1.28 bits per heavy atom. The van der Waals surface area contributed by atoms with Gasteiger partial charge in [-0.1, -0.05) is 13.8 Å². The lowest BCUT2D eigenvalue weighted by Gasteiger charge is -2.27. The summed E-state index contributed by atoms with van der Waals surface area (Å²) >= 11 is 0. The summed E-state index contributed by atoms with van der Waals surface area (Å²) in [5, 5.41) is 0. The van der Waals surface area contributed by atoms with Crippen LogP contribution in [0.2, 0.25) is 0 Å². The topological polar surface area (TPSA) is 36.9 Å². The maximum atomic E-state index is 5.43. The molecule has 2 atom stereocenters. The SMILES string of the molecule is CCC(C)(CCOOCCC(C)(CC)OC)OC. The molecule has 110 valence electrons. The van der Waals surface area contributed by atoms with Crippen LogP contribution in [0.4, 0.5) is 0 Å². The molecule has 0 rings (SSSR count). The van der Waals surface area contributed by atoms with E-state index >= 15 is 0 Å². The van der Waals surface area contributed by atoms with Crippen molar-refractivity contribution in [2.24, 2.45) is 0 Å². The summed E-state index contributed by atoms with van der Waals surface area (Å²) in [7, 11) is 3.46. The molecular weight excluding hydrogens is 232 g/mol. The fourth-order valence-electron chi connectivity index (χ4n) is 1.48. The Bertz CT molecular complexity index is 176. The normalized spacial score (nSPS) is 18.3. The zero-order valence-electron chi connectivity index (χ0n) is 12.9. The van der Waals surface area contributed by atoms with Crippen molar-refractivity contribution in [3.8, 4) is 0 Å². The average molecular weight is 262 g/mol. The van der Waals surface area contributed by atoms with Crippen molar-refractivity contribution in [3.05, 3.63) is 0 Å². The Morgan fingerprint density at radius 2 is 1.06 bits per heavy atom. The highest BCUT2D eigenvalue weighted by Gasteiger charge is 2.22. The second-order valence-electron chi connectivity index (χ2n) is 5.16. The van der Waals surface area contributed by atoms with Crippen molar-refractivity contribution in [2.75, 3.05) is 27.4 Å². The van der Waals surface area contributed by atoms with Gasteiger partial charge in [-0.05, 0) is 26.7 Å². The van der Waals surface area contributed by atoms with Crippen molar-refractivity contribution < 1.29 is 19.2 Å². The van der Waals surface area contributed by atoms with E-state index in [1.165, 1.54) is 0 Å². The molecule has 0 amide bonds. The molecule has 0 fully saturated rings. The molecule has 4 nitrogen and oxygen atoms in total. The number of hydrogen-bond donors (Lipinski definition) is 0. The third-order valence-electron chi connectivity index (χ3n) is 3.99. The molecule has 0 saturated carbocycles. The molecule has 0 aromatic heterocycles. The van der Waals surface area contributed by atoms with Gasteiger partial charge in [0.2, 0.25) is 0 Å². The van der Waals surface area contributed by atoms with E-state index in [0.29, 0.717) is 13.2 Å². The highest BCUT2D eigenvalue weighted by molar-refractivity contribution is 4.72. The van der Waals surface area contributed by atoms with E-state index in [1.807, 2.05) is 0 Å². The van der Waals surface area contributed by atoms with Crippen LogP contribution in [-0.4, -0.2) is 38.6 Å². The molecule has 0 aliphatic rings. The predicted octanol–water partition coefficient (Wildman–Crippen LogP) is 3.35. The Labute approximate surface area is 112 Å². The summed E-state index contributed by atoms with van der Waals surface area (Å²) in [6, 6.07) is 0. The van der Waals surface area contributed by atoms with Crippen LogP contribution in [0.25, 0.3) is 0 Å². The third-order valence-corrected chi connectivity index (χ3v) is 3.99. The first-order valence-corrected chi connectivity index (χ1v) is 6.80. The largest absolute Gasteiger partial charge is 0.378 e. The summed E-state index contributed by atoms with van der Waals surface area (Å²) in [5.41, 5.74) is -0.234. The molecule has 0 aliphatic heterocycles. The predicted molar refractivity (Wildman–Crippen MR) is 72.5 cm³/mol. The molecule has 0 aromatic rings. The summed E-state index contributed by atoms with van der Waals surface area (Å²) in [5.74, 6) is 0. The number of ether oxygens (including phenoxy) is 2. The van der Waals surface area contributed by atoms with Gasteiger partial charge in [-0.3, -0.25) is 0 Å². The lowest BCUT2D eigenvalue weighted by molar-refractivity contribution is -0.303. The van der Waals surface area contributed by atoms with Gasteiger partial charge in [0.05, 0.1) is 24.4 Å². The lowest BCUT2D eigenvalue weighted by atomic mass is 10.00. The van der Waals surface area contributed by atoms with Crippen LogP contribution in [0.3, 0.4) is 0 Å². The summed E-state index contributed by atoms with van der Waals surface area (Å²) < 4.78 is 10.9. The van der Waals surface area contributed by atoms with Crippen LogP contribution in [0.15, 0.2) is 0 Å². The van der Waals surface area contributed by atoms with Crippen LogP contribution >= 0.6 is 0 Å². The number of methoxy groups -OCH3 is 2. The minimum atomic E-state index is -0.117. The zero-order chi connectivity index (χ0) is 14.1. The highest BCUT2D eigenvalue weighted by atomic mass is 17.2. The van der Waals surface area contributed by atoms with Gasteiger partial charge in [-0.25, -0.2) is 9.78 Å². The van der Waals surface area contributed by atoms with Crippen molar-refractivity contribution >= 4 is 0 Å². The van der Waals surface area contributed by atoms with E-state index < -0.39 is 0 Å². The van der Waals surface area contributed by atoms with Gasteiger partial charge in [-0.15, -0.1) is 0 Å². The first-order valence-electron chi connectivity index (χ1n) is 6.80. The van der Waals surface area contributed by atoms with Crippen molar-refractivity contribution in [1.82, 2.24) is 0 Å². The molecule has 0 aromatic carbocycles. The van der Waals surface area contributed by atoms with Crippen LogP contribution in [0.1, 0.15) is 53.4 Å². The van der Waals surface area contributed by atoms with Gasteiger partial charge < -0.3 is 9.47 Å². The van der Waals surface area contributed by atoms with Gasteiger partial charge in [-0.2, -0.15) is 0 Å². The van der Waals surface area contributed by atoms with Gasteiger partial charge >= 0.3 is 0 Å². The molecule has 4 heteroatoms. The summed E-state index contributed by atoms with van der Waals surface area (Å²) in [4.78, 5) is 10.4. The van der Waals surface area contributed by atoms with Crippen molar-refractivity contribution in [1.29, 1.82) is 0 Å². The maximum Gasteiger partial charge on any atom is 0.0849 e. The van der Waals surface area contributed by atoms with E-state index in [4.69, 9.17) is 19.2 Å². The minimum absolute atomic E-state index is 0.117. The van der Waals surface area contributed by atoms with E-state index in [0.717, 1.165) is 25.7 Å². The van der Waals surface area contributed by atoms with Crippen molar-refractivity contribution in [2.45, 2.75) is 64.6 Å². The number of hydrogen-bond acceptors (Lipinski definition) is 4. The Balaban J connectivity index is 3.63.